The maximum Gasteiger partial charge on any atom is 0.306 e. The van der Waals surface area contributed by atoms with Crippen molar-refractivity contribution in [2.75, 3.05) is 17.2 Å². The highest BCUT2D eigenvalue weighted by atomic mass is 35.5. The summed E-state index contributed by atoms with van der Waals surface area (Å²) in [4.78, 5) is 45.5. The second-order valence-corrected chi connectivity index (χ2v) is 6.80. The maximum atomic E-state index is 11.9. The fraction of sp³-hybridized carbons (Fsp3) is 0.211. The van der Waals surface area contributed by atoms with Crippen LogP contribution in [0.1, 0.15) is 19.3 Å². The van der Waals surface area contributed by atoms with Crippen molar-refractivity contribution in [3.63, 3.8) is 0 Å². The van der Waals surface area contributed by atoms with Crippen molar-refractivity contribution < 1.29 is 24.0 Å². The number of esters is 1. The van der Waals surface area contributed by atoms with Gasteiger partial charge in [-0.1, -0.05) is 29.3 Å². The van der Waals surface area contributed by atoms with E-state index in [-0.39, 0.29) is 40.9 Å². The zero-order valence-corrected chi connectivity index (χ0v) is 17.0. The van der Waals surface area contributed by atoms with E-state index in [2.05, 4.69) is 10.6 Å². The van der Waals surface area contributed by atoms with Crippen molar-refractivity contribution in [2.45, 2.75) is 19.3 Å². The number of nitrogens with zero attached hydrogens (tertiary/aromatic N) is 1. The maximum absolute atomic E-state index is 11.9. The Labute approximate surface area is 181 Å². The van der Waals surface area contributed by atoms with Crippen LogP contribution >= 0.6 is 23.2 Å². The van der Waals surface area contributed by atoms with Crippen LogP contribution in [0.2, 0.25) is 10.0 Å². The third kappa shape index (κ3) is 7.34. The van der Waals surface area contributed by atoms with E-state index in [4.69, 9.17) is 27.9 Å². The zero-order chi connectivity index (χ0) is 22.1. The number of rotatable bonds is 9. The zero-order valence-electron chi connectivity index (χ0n) is 15.5. The third-order valence-electron chi connectivity index (χ3n) is 3.74. The fourth-order valence-corrected chi connectivity index (χ4v) is 2.64. The number of halogens is 2. The summed E-state index contributed by atoms with van der Waals surface area (Å²) < 4.78 is 4.86. The normalized spacial score (nSPS) is 10.2. The molecule has 0 bridgehead atoms. The molecular weight excluding hydrogens is 437 g/mol. The van der Waals surface area contributed by atoms with Gasteiger partial charge in [-0.15, -0.1) is 0 Å². The number of non-ortho nitro benzene ring substituents is 1. The van der Waals surface area contributed by atoms with Crippen LogP contribution in [0.5, 0.6) is 0 Å². The first-order chi connectivity index (χ1) is 14.3. The van der Waals surface area contributed by atoms with Crippen LogP contribution in [-0.4, -0.2) is 29.3 Å². The molecule has 2 aromatic carbocycles. The van der Waals surface area contributed by atoms with Crippen LogP contribution < -0.4 is 10.6 Å². The highest BCUT2D eigenvalue weighted by Crippen LogP contribution is 2.29. The second kappa shape index (κ2) is 11.1. The molecule has 0 atom stereocenters. The largest absolute Gasteiger partial charge is 0.456 e. The van der Waals surface area contributed by atoms with Crippen molar-refractivity contribution in [3.8, 4) is 0 Å². The number of ether oxygens (including phenoxy) is 1. The number of nitro benzene ring substituents is 1. The smallest absolute Gasteiger partial charge is 0.306 e. The van der Waals surface area contributed by atoms with Gasteiger partial charge in [-0.2, -0.15) is 0 Å². The highest BCUT2D eigenvalue weighted by Gasteiger charge is 2.12. The molecule has 2 aromatic rings. The quantitative estimate of drug-likeness (QED) is 0.332. The van der Waals surface area contributed by atoms with Crippen molar-refractivity contribution in [1.29, 1.82) is 0 Å². The number of hydrogen-bond donors (Lipinski definition) is 2. The monoisotopic (exact) mass is 453 g/mol. The summed E-state index contributed by atoms with van der Waals surface area (Å²) in [5.41, 5.74) is 0.620. The number of benzene rings is 2. The van der Waals surface area contributed by atoms with E-state index in [1.54, 1.807) is 18.2 Å². The standard InChI is InChI=1S/C19H17Cl2N3O6/c20-14-3-1-4-15(19(14)21)23-17(26)11-30-18(27)6-2-5-16(25)22-12-7-9-13(10-8-12)24(28)29/h1,3-4,7-10H,2,5-6,11H2,(H,22,25)(H,23,26). The lowest BCUT2D eigenvalue weighted by Crippen LogP contribution is -2.21. The minimum absolute atomic E-state index is 0.0381. The van der Waals surface area contributed by atoms with Crippen LogP contribution in [0, 0.1) is 10.1 Å². The molecule has 30 heavy (non-hydrogen) atoms. The summed E-state index contributed by atoms with van der Waals surface area (Å²) in [6.07, 6.45) is 0.189. The minimum atomic E-state index is -0.634. The molecule has 158 valence electrons. The topological polar surface area (TPSA) is 128 Å². The van der Waals surface area contributed by atoms with Gasteiger partial charge in [-0.3, -0.25) is 24.5 Å². The molecule has 11 heteroatoms. The molecule has 9 nitrogen and oxygen atoms in total. The Bertz CT molecular complexity index is 950. The van der Waals surface area contributed by atoms with Gasteiger partial charge in [0, 0.05) is 30.7 Å². The predicted octanol–water partition coefficient (Wildman–Crippen LogP) is 4.19. The molecule has 0 spiro atoms. The van der Waals surface area contributed by atoms with Crippen LogP contribution in [0.25, 0.3) is 0 Å². The molecule has 0 aliphatic carbocycles. The Hall–Kier alpha value is -3.17. The molecule has 0 aliphatic rings. The van der Waals surface area contributed by atoms with Crippen LogP contribution in [0.15, 0.2) is 42.5 Å². The van der Waals surface area contributed by atoms with Crippen LogP contribution in [0.3, 0.4) is 0 Å². The lowest BCUT2D eigenvalue weighted by Gasteiger charge is -2.09. The number of carbonyl (C=O) groups is 3. The molecule has 0 heterocycles. The first kappa shape index (κ1) is 23.1. The summed E-state index contributed by atoms with van der Waals surface area (Å²) in [5, 5.41) is 16.1. The fourth-order valence-electron chi connectivity index (χ4n) is 2.29. The lowest BCUT2D eigenvalue weighted by molar-refractivity contribution is -0.384. The Morgan fingerprint density at radius 3 is 2.33 bits per heavy atom. The van der Waals surface area contributed by atoms with Crippen LogP contribution in [-0.2, 0) is 19.1 Å². The number of carbonyl (C=O) groups excluding carboxylic acids is 3. The van der Waals surface area contributed by atoms with E-state index in [1.807, 2.05) is 0 Å². The summed E-state index contributed by atoms with van der Waals surface area (Å²) in [6, 6.07) is 10.1. The van der Waals surface area contributed by atoms with E-state index in [9.17, 15) is 24.5 Å². The molecule has 0 radical (unpaired) electrons. The first-order valence-electron chi connectivity index (χ1n) is 8.70. The molecular formula is C19H17Cl2N3O6. The van der Waals surface area contributed by atoms with E-state index in [0.29, 0.717) is 11.4 Å². The Kier molecular flexibility index (Phi) is 8.57. The predicted molar refractivity (Wildman–Crippen MR) is 112 cm³/mol. The van der Waals surface area contributed by atoms with Gasteiger partial charge in [-0.05, 0) is 30.7 Å². The van der Waals surface area contributed by atoms with E-state index in [1.165, 1.54) is 24.3 Å². The van der Waals surface area contributed by atoms with Gasteiger partial charge in [0.1, 0.15) is 0 Å². The third-order valence-corrected chi connectivity index (χ3v) is 4.56. The Morgan fingerprint density at radius 1 is 0.967 bits per heavy atom. The van der Waals surface area contributed by atoms with Crippen molar-refractivity contribution in [1.82, 2.24) is 0 Å². The molecule has 2 amide bonds. The van der Waals surface area contributed by atoms with E-state index >= 15 is 0 Å². The summed E-state index contributed by atoms with van der Waals surface area (Å²) >= 11 is 11.8. The van der Waals surface area contributed by atoms with Gasteiger partial charge >= 0.3 is 5.97 Å². The number of hydrogen-bond acceptors (Lipinski definition) is 6. The van der Waals surface area contributed by atoms with Gasteiger partial charge in [0.15, 0.2) is 6.61 Å². The molecule has 0 saturated carbocycles. The molecule has 0 saturated heterocycles. The summed E-state index contributed by atoms with van der Waals surface area (Å²) in [7, 11) is 0. The average Bonchev–Trinajstić information content (AvgIpc) is 2.70. The van der Waals surface area contributed by atoms with Crippen molar-refractivity contribution in [3.05, 3.63) is 62.6 Å². The minimum Gasteiger partial charge on any atom is -0.456 e. The number of anilines is 2. The molecule has 2 N–H and O–H groups in total. The molecule has 2 rings (SSSR count). The van der Waals surface area contributed by atoms with Gasteiger partial charge < -0.3 is 15.4 Å². The highest BCUT2D eigenvalue weighted by molar-refractivity contribution is 6.44. The van der Waals surface area contributed by atoms with Crippen molar-refractivity contribution in [2.24, 2.45) is 0 Å². The lowest BCUT2D eigenvalue weighted by atomic mass is 10.2. The summed E-state index contributed by atoms with van der Waals surface area (Å²) in [5.74, 6) is -1.57. The van der Waals surface area contributed by atoms with Gasteiger partial charge in [0.25, 0.3) is 11.6 Å². The number of amides is 2. The SMILES string of the molecule is O=C(CCCC(=O)OCC(=O)Nc1cccc(Cl)c1Cl)Nc1ccc([N+](=O)[O-])cc1. The van der Waals surface area contributed by atoms with Gasteiger partial charge in [-0.25, -0.2) is 0 Å². The number of nitrogens with one attached hydrogen (secondary N) is 2. The van der Waals surface area contributed by atoms with Gasteiger partial charge in [0.2, 0.25) is 5.91 Å². The van der Waals surface area contributed by atoms with E-state index < -0.39 is 23.4 Å². The van der Waals surface area contributed by atoms with E-state index in [0.717, 1.165) is 0 Å². The molecule has 0 aliphatic heterocycles. The average molecular weight is 454 g/mol. The van der Waals surface area contributed by atoms with Crippen LogP contribution in [0.4, 0.5) is 17.1 Å². The Balaban J connectivity index is 1.66. The Morgan fingerprint density at radius 2 is 1.67 bits per heavy atom. The summed E-state index contributed by atoms with van der Waals surface area (Å²) in [6.45, 7) is -0.503. The second-order valence-electron chi connectivity index (χ2n) is 6.02. The van der Waals surface area contributed by atoms with Crippen molar-refractivity contribution >= 4 is 58.0 Å². The first-order valence-corrected chi connectivity index (χ1v) is 9.45. The molecule has 0 fully saturated rings. The molecule has 0 aromatic heterocycles. The molecule has 0 unspecified atom stereocenters. The number of nitro groups is 1. The van der Waals surface area contributed by atoms with Gasteiger partial charge in [0.05, 0.1) is 20.7 Å².